The van der Waals surface area contributed by atoms with Gasteiger partial charge in [-0.25, -0.2) is 13.6 Å². The van der Waals surface area contributed by atoms with Crippen LogP contribution in [0.5, 0.6) is 11.5 Å². The minimum absolute atomic E-state index is 0.0184. The van der Waals surface area contributed by atoms with Crippen LogP contribution in [-0.4, -0.2) is 12.6 Å². The number of ether oxygens (including phenoxy) is 2. The molecule has 4 nitrogen and oxygen atoms in total. The number of nitriles is 1. The van der Waals surface area contributed by atoms with E-state index in [2.05, 4.69) is 6.92 Å². The predicted octanol–water partition coefficient (Wildman–Crippen LogP) is 6.96. The van der Waals surface area contributed by atoms with E-state index in [1.807, 2.05) is 6.07 Å². The summed E-state index contributed by atoms with van der Waals surface area (Å²) in [5.41, 5.74) is -0.529. The lowest BCUT2D eigenvalue weighted by Crippen LogP contribution is -2.21. The topological polar surface area (TPSA) is 59.3 Å². The standard InChI is InChI=1S/C26H28F3NO3/c1-2-3-4-5-17-6-8-19(9-7-17)16-32-25-22(27)14-21(23(28)24(25)29)26(31)33-20-12-10-18(15-30)11-13-20/h10-14,17,19H,2-9,16H2,1H3. The number of hydrogen-bond acceptors (Lipinski definition) is 4. The van der Waals surface area contributed by atoms with Crippen LogP contribution in [0, 0.1) is 40.6 Å². The zero-order valence-electron chi connectivity index (χ0n) is 18.7. The molecule has 176 valence electrons. The minimum atomic E-state index is -1.55. The van der Waals surface area contributed by atoms with Crippen LogP contribution < -0.4 is 9.47 Å². The van der Waals surface area contributed by atoms with Gasteiger partial charge in [-0.15, -0.1) is 0 Å². The summed E-state index contributed by atoms with van der Waals surface area (Å²) in [7, 11) is 0. The number of halogens is 3. The molecule has 0 amide bonds. The number of hydrogen-bond donors (Lipinski definition) is 0. The van der Waals surface area contributed by atoms with Crippen molar-refractivity contribution in [3.63, 3.8) is 0 Å². The van der Waals surface area contributed by atoms with Crippen molar-refractivity contribution >= 4 is 5.97 Å². The van der Waals surface area contributed by atoms with Gasteiger partial charge >= 0.3 is 5.97 Å². The molecule has 0 radical (unpaired) electrons. The van der Waals surface area contributed by atoms with Crippen LogP contribution in [0.1, 0.15) is 74.2 Å². The van der Waals surface area contributed by atoms with Gasteiger partial charge in [0.25, 0.3) is 0 Å². The highest BCUT2D eigenvalue weighted by molar-refractivity contribution is 5.91. The Morgan fingerprint density at radius 1 is 1.03 bits per heavy atom. The summed E-state index contributed by atoms with van der Waals surface area (Å²) in [6.07, 6.45) is 8.85. The molecule has 0 unspecified atom stereocenters. The van der Waals surface area contributed by atoms with Gasteiger partial charge in [0, 0.05) is 0 Å². The first-order valence-corrected chi connectivity index (χ1v) is 11.5. The van der Waals surface area contributed by atoms with Crippen LogP contribution in [0.25, 0.3) is 0 Å². The van der Waals surface area contributed by atoms with Crippen LogP contribution in [0.4, 0.5) is 13.2 Å². The maximum Gasteiger partial charge on any atom is 0.346 e. The fraction of sp³-hybridized carbons (Fsp3) is 0.462. The highest BCUT2D eigenvalue weighted by Gasteiger charge is 2.27. The lowest BCUT2D eigenvalue weighted by Gasteiger charge is -2.28. The molecule has 2 aromatic rings. The van der Waals surface area contributed by atoms with E-state index in [0.29, 0.717) is 17.5 Å². The maximum absolute atomic E-state index is 14.5. The molecule has 0 bridgehead atoms. The van der Waals surface area contributed by atoms with Crippen molar-refractivity contribution < 1.29 is 27.4 Å². The summed E-state index contributed by atoms with van der Waals surface area (Å²) < 4.78 is 53.8. The quantitative estimate of drug-likeness (QED) is 0.176. The number of rotatable bonds is 9. The molecule has 33 heavy (non-hydrogen) atoms. The van der Waals surface area contributed by atoms with Gasteiger partial charge in [-0.1, -0.05) is 45.4 Å². The van der Waals surface area contributed by atoms with E-state index in [4.69, 9.17) is 14.7 Å². The van der Waals surface area contributed by atoms with E-state index < -0.39 is 34.7 Å². The third-order valence-electron chi connectivity index (χ3n) is 6.18. The molecular formula is C26H28F3NO3. The Hall–Kier alpha value is -3.01. The van der Waals surface area contributed by atoms with Gasteiger partial charge < -0.3 is 9.47 Å². The Bertz CT molecular complexity index is 993. The molecule has 1 fully saturated rings. The van der Waals surface area contributed by atoms with E-state index in [9.17, 15) is 18.0 Å². The van der Waals surface area contributed by atoms with Gasteiger partial charge in [0.15, 0.2) is 17.4 Å². The summed E-state index contributed by atoms with van der Waals surface area (Å²) in [5, 5.41) is 8.79. The number of unbranched alkanes of at least 4 members (excludes halogenated alkanes) is 2. The smallest absolute Gasteiger partial charge is 0.346 e. The van der Waals surface area contributed by atoms with Crippen molar-refractivity contribution in [1.82, 2.24) is 0 Å². The fourth-order valence-corrected chi connectivity index (χ4v) is 4.19. The number of esters is 1. The first kappa shape index (κ1) is 24.6. The average Bonchev–Trinajstić information content (AvgIpc) is 2.83. The zero-order valence-corrected chi connectivity index (χ0v) is 18.7. The monoisotopic (exact) mass is 459 g/mol. The maximum atomic E-state index is 14.5. The zero-order chi connectivity index (χ0) is 23.8. The lowest BCUT2D eigenvalue weighted by molar-refractivity contribution is 0.0727. The molecule has 0 aliphatic heterocycles. The third kappa shape index (κ3) is 6.50. The van der Waals surface area contributed by atoms with Crippen molar-refractivity contribution in [1.29, 1.82) is 5.26 Å². The molecule has 0 heterocycles. The molecule has 7 heteroatoms. The van der Waals surface area contributed by atoms with Crippen LogP contribution in [0.3, 0.4) is 0 Å². The Balaban J connectivity index is 1.59. The van der Waals surface area contributed by atoms with Gasteiger partial charge in [-0.2, -0.15) is 9.65 Å². The second kappa shape index (κ2) is 11.7. The Morgan fingerprint density at radius 3 is 2.33 bits per heavy atom. The SMILES string of the molecule is CCCCCC1CCC(COc2c(F)cc(C(=O)Oc3ccc(C#N)cc3)c(F)c2F)CC1. The summed E-state index contributed by atoms with van der Waals surface area (Å²) in [6.45, 7) is 2.28. The van der Waals surface area contributed by atoms with E-state index in [0.717, 1.165) is 25.7 Å². The minimum Gasteiger partial charge on any atom is -0.487 e. The van der Waals surface area contributed by atoms with E-state index in [1.165, 1.54) is 49.9 Å². The summed E-state index contributed by atoms with van der Waals surface area (Å²) in [4.78, 5) is 12.2. The second-order valence-electron chi connectivity index (χ2n) is 8.58. The van der Waals surface area contributed by atoms with Crippen molar-refractivity contribution in [3.05, 3.63) is 58.9 Å². The molecule has 2 aromatic carbocycles. The number of nitrogens with zero attached hydrogens (tertiary/aromatic N) is 1. The molecular weight excluding hydrogens is 431 g/mol. The van der Waals surface area contributed by atoms with Crippen LogP contribution >= 0.6 is 0 Å². The highest BCUT2D eigenvalue weighted by atomic mass is 19.2. The largest absolute Gasteiger partial charge is 0.487 e. The Kier molecular flexibility index (Phi) is 8.76. The molecule has 0 aromatic heterocycles. The lowest BCUT2D eigenvalue weighted by atomic mass is 9.80. The first-order chi connectivity index (χ1) is 15.9. The predicted molar refractivity (Wildman–Crippen MR) is 118 cm³/mol. The molecule has 0 atom stereocenters. The molecule has 1 aliphatic rings. The molecule has 0 saturated heterocycles. The molecule has 0 N–H and O–H groups in total. The van der Waals surface area contributed by atoms with Crippen LogP contribution in [-0.2, 0) is 0 Å². The summed E-state index contributed by atoms with van der Waals surface area (Å²) >= 11 is 0. The average molecular weight is 460 g/mol. The van der Waals surface area contributed by atoms with E-state index in [-0.39, 0.29) is 18.3 Å². The molecule has 1 aliphatic carbocycles. The Labute approximate surface area is 192 Å². The van der Waals surface area contributed by atoms with Crippen LogP contribution in [0.15, 0.2) is 30.3 Å². The first-order valence-electron chi connectivity index (χ1n) is 11.5. The van der Waals surface area contributed by atoms with Crippen molar-refractivity contribution in [2.75, 3.05) is 6.61 Å². The fourth-order valence-electron chi connectivity index (χ4n) is 4.19. The Morgan fingerprint density at radius 2 is 1.70 bits per heavy atom. The summed E-state index contributed by atoms with van der Waals surface area (Å²) in [5.74, 6) is -5.41. The van der Waals surface area contributed by atoms with Crippen molar-refractivity contribution in [2.45, 2.75) is 58.3 Å². The molecule has 1 saturated carbocycles. The van der Waals surface area contributed by atoms with Crippen molar-refractivity contribution in [3.8, 4) is 17.6 Å². The van der Waals surface area contributed by atoms with Gasteiger partial charge in [0.2, 0.25) is 5.82 Å². The third-order valence-corrected chi connectivity index (χ3v) is 6.18. The van der Waals surface area contributed by atoms with Crippen molar-refractivity contribution in [2.24, 2.45) is 11.8 Å². The highest BCUT2D eigenvalue weighted by Crippen LogP contribution is 2.34. The normalized spacial score (nSPS) is 17.9. The number of benzene rings is 2. The number of carbonyl (C=O) groups is 1. The second-order valence-corrected chi connectivity index (χ2v) is 8.58. The number of carbonyl (C=O) groups excluding carboxylic acids is 1. The van der Waals surface area contributed by atoms with Gasteiger partial charge in [0.05, 0.1) is 18.2 Å². The molecule has 3 rings (SSSR count). The van der Waals surface area contributed by atoms with E-state index in [1.54, 1.807) is 0 Å². The van der Waals surface area contributed by atoms with Gasteiger partial charge in [-0.3, -0.25) is 0 Å². The van der Waals surface area contributed by atoms with Crippen LogP contribution in [0.2, 0.25) is 0 Å². The van der Waals surface area contributed by atoms with Gasteiger partial charge in [0.1, 0.15) is 11.3 Å². The summed E-state index contributed by atoms with van der Waals surface area (Å²) in [6, 6.07) is 7.95. The van der Waals surface area contributed by atoms with Gasteiger partial charge in [-0.05, 0) is 55.0 Å². The van der Waals surface area contributed by atoms with E-state index >= 15 is 0 Å². The molecule has 0 spiro atoms.